The highest BCUT2D eigenvalue weighted by molar-refractivity contribution is 6.62. The van der Waals surface area contributed by atoms with E-state index in [4.69, 9.17) is 9.31 Å². The Morgan fingerprint density at radius 2 is 1.73 bits per heavy atom. The fourth-order valence-corrected chi connectivity index (χ4v) is 4.28. The molecule has 1 saturated carbocycles. The van der Waals surface area contributed by atoms with Crippen molar-refractivity contribution in [2.45, 2.75) is 96.5 Å². The van der Waals surface area contributed by atoms with Crippen LogP contribution in [0.5, 0.6) is 0 Å². The molecule has 0 amide bonds. The fourth-order valence-electron chi connectivity index (χ4n) is 4.28. The molecule has 0 atom stereocenters. The maximum atomic E-state index is 12.0. The van der Waals surface area contributed by atoms with Crippen molar-refractivity contribution in [1.82, 2.24) is 0 Å². The maximum absolute atomic E-state index is 12.0. The Kier molecular flexibility index (Phi) is 6.24. The Balaban J connectivity index is 1.98. The lowest BCUT2D eigenvalue weighted by Gasteiger charge is -2.39. The summed E-state index contributed by atoms with van der Waals surface area (Å²) in [7, 11) is -0.653. The van der Waals surface area contributed by atoms with E-state index in [0.29, 0.717) is 17.7 Å². The Hall–Kier alpha value is -1.64. The van der Waals surface area contributed by atoms with E-state index in [0.717, 1.165) is 25.7 Å². The van der Waals surface area contributed by atoms with Crippen molar-refractivity contribution < 1.29 is 19.3 Å². The molecule has 2 aliphatic rings. The van der Waals surface area contributed by atoms with Crippen LogP contribution in [0.3, 0.4) is 0 Å². The van der Waals surface area contributed by atoms with E-state index >= 15 is 0 Å². The molecule has 7 nitrogen and oxygen atoms in total. The first-order valence-electron chi connectivity index (χ1n) is 10.9. The van der Waals surface area contributed by atoms with E-state index in [2.05, 4.69) is 0 Å². The van der Waals surface area contributed by atoms with Crippen LogP contribution in [0.1, 0.15) is 73.6 Å². The molecule has 0 aromatic heterocycles. The van der Waals surface area contributed by atoms with Crippen molar-refractivity contribution in [1.29, 1.82) is 0 Å². The van der Waals surface area contributed by atoms with Crippen LogP contribution < -0.4 is 10.4 Å². The molecule has 0 bridgehead atoms. The van der Waals surface area contributed by atoms with Gasteiger partial charge < -0.3 is 19.3 Å². The lowest BCUT2D eigenvalue weighted by atomic mass is 9.78. The highest BCUT2D eigenvalue weighted by atomic mass is 16.7. The first-order valence-corrected chi connectivity index (χ1v) is 10.9. The average molecular weight is 418 g/mol. The van der Waals surface area contributed by atoms with Crippen LogP contribution in [-0.2, 0) is 9.31 Å². The Labute approximate surface area is 180 Å². The van der Waals surface area contributed by atoms with Gasteiger partial charge in [-0.25, -0.2) is 0 Å². The third-order valence-electron chi connectivity index (χ3n) is 6.60. The Morgan fingerprint density at radius 3 is 2.23 bits per heavy atom. The summed E-state index contributed by atoms with van der Waals surface area (Å²) in [6, 6.07) is 5.40. The van der Waals surface area contributed by atoms with Crippen LogP contribution in [0.25, 0.3) is 0 Å². The molecule has 1 heterocycles. The molecule has 0 radical (unpaired) electrons. The van der Waals surface area contributed by atoms with E-state index in [-0.39, 0.29) is 16.7 Å². The number of rotatable bonds is 6. The topological polar surface area (TPSA) is 85.1 Å². The molecule has 30 heavy (non-hydrogen) atoms. The number of nitro groups is 1. The standard InChI is InChI=1S/C22H35BN2O5/c1-20(2,26)15-24(17-10-8-7-9-11-17)18-13-12-16(14-19(18)25(27)28)23-29-21(3,4)22(5,6)30-23/h12-14,17,26H,7-11,15H2,1-6H3. The summed E-state index contributed by atoms with van der Waals surface area (Å²) in [5.41, 5.74) is -0.780. The summed E-state index contributed by atoms with van der Waals surface area (Å²) < 4.78 is 12.2. The quantitative estimate of drug-likeness (QED) is 0.430. The van der Waals surface area contributed by atoms with Gasteiger partial charge in [0.25, 0.3) is 5.69 Å². The molecule has 1 saturated heterocycles. The predicted molar refractivity (Wildman–Crippen MR) is 119 cm³/mol. The molecule has 1 aliphatic heterocycles. The van der Waals surface area contributed by atoms with Gasteiger partial charge in [-0.05, 0) is 65.9 Å². The number of anilines is 1. The second-order valence-electron chi connectivity index (χ2n) is 10.3. The van der Waals surface area contributed by atoms with Crippen LogP contribution in [0, 0.1) is 10.1 Å². The predicted octanol–water partition coefficient (Wildman–Crippen LogP) is 3.80. The normalized spacial score (nSPS) is 21.6. The molecular weight excluding hydrogens is 383 g/mol. The second kappa shape index (κ2) is 8.13. The number of aliphatic hydroxyl groups is 1. The number of benzene rings is 1. The number of nitrogens with zero attached hydrogens (tertiary/aromatic N) is 2. The first-order chi connectivity index (χ1) is 13.8. The van der Waals surface area contributed by atoms with Crippen LogP contribution >= 0.6 is 0 Å². The van der Waals surface area contributed by atoms with Gasteiger partial charge in [0.1, 0.15) is 5.69 Å². The summed E-state index contributed by atoms with van der Waals surface area (Å²) in [5, 5.41) is 22.5. The van der Waals surface area contributed by atoms with Crippen LogP contribution in [-0.4, -0.2) is 46.5 Å². The molecule has 166 valence electrons. The van der Waals surface area contributed by atoms with Gasteiger partial charge in [0.05, 0.1) is 21.7 Å². The molecule has 0 unspecified atom stereocenters. The summed E-state index contributed by atoms with van der Waals surface area (Å²) in [6.07, 6.45) is 5.36. The molecule has 0 spiro atoms. The van der Waals surface area contributed by atoms with Crippen LogP contribution in [0.4, 0.5) is 11.4 Å². The summed E-state index contributed by atoms with van der Waals surface area (Å²) in [4.78, 5) is 13.7. The lowest BCUT2D eigenvalue weighted by Crippen LogP contribution is -2.46. The molecule has 1 aliphatic carbocycles. The van der Waals surface area contributed by atoms with E-state index < -0.39 is 23.9 Å². The van der Waals surface area contributed by atoms with Gasteiger partial charge in [-0.2, -0.15) is 0 Å². The van der Waals surface area contributed by atoms with Crippen molar-refractivity contribution in [2.24, 2.45) is 0 Å². The minimum Gasteiger partial charge on any atom is -0.399 e. The minimum atomic E-state index is -0.963. The molecule has 1 aromatic rings. The zero-order chi connectivity index (χ0) is 22.3. The van der Waals surface area contributed by atoms with Gasteiger partial charge in [-0.3, -0.25) is 10.1 Å². The molecule has 3 rings (SSSR count). The number of hydrogen-bond acceptors (Lipinski definition) is 6. The van der Waals surface area contributed by atoms with Crippen molar-refractivity contribution in [3.8, 4) is 0 Å². The second-order valence-corrected chi connectivity index (χ2v) is 10.3. The Morgan fingerprint density at radius 1 is 1.17 bits per heavy atom. The van der Waals surface area contributed by atoms with E-state index in [9.17, 15) is 15.2 Å². The number of hydrogen-bond donors (Lipinski definition) is 1. The molecule has 1 aromatic carbocycles. The summed E-state index contributed by atoms with van der Waals surface area (Å²) >= 11 is 0. The molecule has 8 heteroatoms. The monoisotopic (exact) mass is 418 g/mol. The summed E-state index contributed by atoms with van der Waals surface area (Å²) in [6.45, 7) is 11.7. The van der Waals surface area contributed by atoms with Crippen LogP contribution in [0.15, 0.2) is 18.2 Å². The van der Waals surface area contributed by atoms with Crippen molar-refractivity contribution in [3.63, 3.8) is 0 Å². The molecular formula is C22H35BN2O5. The zero-order valence-electron chi connectivity index (χ0n) is 19.1. The van der Waals surface area contributed by atoms with E-state index in [1.54, 1.807) is 26.0 Å². The highest BCUT2D eigenvalue weighted by Crippen LogP contribution is 2.38. The van der Waals surface area contributed by atoms with Crippen molar-refractivity contribution in [3.05, 3.63) is 28.3 Å². The van der Waals surface area contributed by atoms with Crippen LogP contribution in [0.2, 0.25) is 0 Å². The van der Waals surface area contributed by atoms with Gasteiger partial charge in [0.15, 0.2) is 0 Å². The van der Waals surface area contributed by atoms with E-state index in [1.807, 2.05) is 38.7 Å². The number of nitro benzene ring substituents is 1. The maximum Gasteiger partial charge on any atom is 0.495 e. The largest absolute Gasteiger partial charge is 0.495 e. The van der Waals surface area contributed by atoms with E-state index in [1.165, 1.54) is 6.42 Å². The smallest absolute Gasteiger partial charge is 0.399 e. The Bertz CT molecular complexity index is 768. The van der Waals surface area contributed by atoms with Gasteiger partial charge in [0, 0.05) is 18.7 Å². The van der Waals surface area contributed by atoms with Gasteiger partial charge in [0.2, 0.25) is 0 Å². The van der Waals surface area contributed by atoms with Crippen molar-refractivity contribution >= 4 is 24.0 Å². The van der Waals surface area contributed by atoms with Crippen molar-refractivity contribution in [2.75, 3.05) is 11.4 Å². The third-order valence-corrected chi connectivity index (χ3v) is 6.60. The average Bonchev–Trinajstić information content (AvgIpc) is 2.87. The summed E-state index contributed by atoms with van der Waals surface area (Å²) in [5.74, 6) is 0. The third kappa shape index (κ3) is 4.81. The van der Waals surface area contributed by atoms with Gasteiger partial charge in [-0.15, -0.1) is 0 Å². The van der Waals surface area contributed by atoms with Gasteiger partial charge in [-0.1, -0.05) is 25.3 Å². The SMILES string of the molecule is CC(C)(O)CN(c1ccc(B2OC(C)(C)C(C)(C)O2)cc1[N+](=O)[O-])C1CCCCC1. The van der Waals surface area contributed by atoms with Gasteiger partial charge >= 0.3 is 7.12 Å². The molecule has 2 fully saturated rings. The zero-order valence-corrected chi connectivity index (χ0v) is 19.1. The fraction of sp³-hybridized carbons (Fsp3) is 0.727. The first kappa shape index (κ1) is 23.0. The minimum absolute atomic E-state index is 0.0250. The molecule has 1 N–H and O–H groups in total. The highest BCUT2D eigenvalue weighted by Gasteiger charge is 2.52. The lowest BCUT2D eigenvalue weighted by molar-refractivity contribution is -0.384.